The van der Waals surface area contributed by atoms with Crippen LogP contribution in [0.25, 0.3) is 48.6 Å². The Hall–Kier alpha value is -7.48. The molecule has 54 heavy (non-hydrogen) atoms. The largest absolute Gasteiger partial charge is 0.326 e. The second kappa shape index (κ2) is 18.1. The standard InChI is InChI=1S/C40H36N10O4/c1-25(51)45-33-13-17-41-21-29(33)5-9-37-38(10-6-30-22-42-18-14-34(30)46-26(2)52)50-40(12-8-32-24-44-20-16-36(32)48-28(4)54)39(49-37)11-7-31-23-43-19-15-35(31)47-27(3)53/h5-24H,1-4H3,(H,41,45,51)(H,42,46,52)(H,43,47,53)(H,44,48,54)/b9-5+,10-6+,11-7+,12-8+. The summed E-state index contributed by atoms with van der Waals surface area (Å²) >= 11 is 0. The number of carbonyl (C=O) groups excluding carboxylic acids is 4. The van der Waals surface area contributed by atoms with E-state index in [0.29, 0.717) is 67.8 Å². The van der Waals surface area contributed by atoms with Gasteiger partial charge in [-0.25, -0.2) is 9.97 Å². The summed E-state index contributed by atoms with van der Waals surface area (Å²) in [6, 6.07) is 6.76. The molecule has 270 valence electrons. The van der Waals surface area contributed by atoms with Crippen molar-refractivity contribution in [1.29, 1.82) is 0 Å². The lowest BCUT2D eigenvalue weighted by molar-refractivity contribution is -0.115. The summed E-state index contributed by atoms with van der Waals surface area (Å²) < 4.78 is 0. The molecule has 0 aromatic carbocycles. The highest BCUT2D eigenvalue weighted by molar-refractivity contribution is 5.95. The Morgan fingerprint density at radius 1 is 0.389 bits per heavy atom. The van der Waals surface area contributed by atoms with Crippen LogP contribution in [0.15, 0.2) is 73.8 Å². The minimum absolute atomic E-state index is 0.237. The van der Waals surface area contributed by atoms with Gasteiger partial charge in [-0.1, -0.05) is 0 Å². The Balaban J connectivity index is 1.70. The molecule has 0 aliphatic rings. The van der Waals surface area contributed by atoms with Crippen LogP contribution in [0.1, 0.15) is 72.7 Å². The zero-order valence-corrected chi connectivity index (χ0v) is 29.9. The van der Waals surface area contributed by atoms with Crippen molar-refractivity contribution in [3.05, 3.63) is 119 Å². The van der Waals surface area contributed by atoms with E-state index in [-0.39, 0.29) is 23.6 Å². The van der Waals surface area contributed by atoms with Crippen LogP contribution in [0, 0.1) is 0 Å². The summed E-state index contributed by atoms with van der Waals surface area (Å²) in [4.78, 5) is 74.6. The number of aromatic nitrogens is 6. The molecule has 0 fully saturated rings. The highest BCUT2D eigenvalue weighted by atomic mass is 16.2. The van der Waals surface area contributed by atoms with Crippen LogP contribution in [0.2, 0.25) is 0 Å². The van der Waals surface area contributed by atoms with Gasteiger partial charge in [0.2, 0.25) is 23.6 Å². The number of pyridine rings is 4. The second-order valence-electron chi connectivity index (χ2n) is 11.7. The van der Waals surface area contributed by atoms with Crippen molar-refractivity contribution >= 4 is 95.0 Å². The first-order chi connectivity index (χ1) is 26.0. The third-order valence-electron chi connectivity index (χ3n) is 7.34. The van der Waals surface area contributed by atoms with Gasteiger partial charge in [0.1, 0.15) is 0 Å². The third-order valence-corrected chi connectivity index (χ3v) is 7.34. The maximum Gasteiger partial charge on any atom is 0.221 e. The molecule has 5 heterocycles. The molecular weight excluding hydrogens is 685 g/mol. The normalized spacial score (nSPS) is 11.3. The first-order valence-electron chi connectivity index (χ1n) is 16.6. The Kier molecular flexibility index (Phi) is 12.7. The van der Waals surface area contributed by atoms with Crippen molar-refractivity contribution in [2.45, 2.75) is 27.7 Å². The highest BCUT2D eigenvalue weighted by Gasteiger charge is 2.11. The number of rotatable bonds is 12. The minimum Gasteiger partial charge on any atom is -0.326 e. The molecule has 5 aromatic heterocycles. The third kappa shape index (κ3) is 10.8. The number of hydrogen-bond donors (Lipinski definition) is 4. The molecule has 0 unspecified atom stereocenters. The number of hydrogen-bond acceptors (Lipinski definition) is 10. The molecule has 14 heteroatoms. The fraction of sp³-hybridized carbons (Fsp3) is 0.100. The van der Waals surface area contributed by atoms with Gasteiger partial charge in [-0.2, -0.15) is 0 Å². The van der Waals surface area contributed by atoms with E-state index in [1.54, 1.807) is 122 Å². The molecule has 4 amide bonds. The fourth-order valence-corrected chi connectivity index (χ4v) is 5.03. The molecule has 0 spiro atoms. The second-order valence-corrected chi connectivity index (χ2v) is 11.7. The number of nitrogens with one attached hydrogen (secondary N) is 4. The lowest BCUT2D eigenvalue weighted by Gasteiger charge is -2.10. The summed E-state index contributed by atoms with van der Waals surface area (Å²) in [5.41, 5.74) is 6.52. The summed E-state index contributed by atoms with van der Waals surface area (Å²) in [5.74, 6) is -0.950. The van der Waals surface area contributed by atoms with Crippen molar-refractivity contribution in [1.82, 2.24) is 29.9 Å². The van der Waals surface area contributed by atoms with Crippen molar-refractivity contribution in [2.75, 3.05) is 21.3 Å². The molecule has 0 saturated heterocycles. The minimum atomic E-state index is -0.237. The molecule has 0 saturated carbocycles. The number of anilines is 4. The monoisotopic (exact) mass is 720 g/mol. The molecule has 0 radical (unpaired) electrons. The molecule has 5 aromatic rings. The van der Waals surface area contributed by atoms with E-state index >= 15 is 0 Å². The van der Waals surface area contributed by atoms with Crippen LogP contribution >= 0.6 is 0 Å². The Morgan fingerprint density at radius 3 is 0.815 bits per heavy atom. The first kappa shape index (κ1) is 37.8. The zero-order valence-electron chi connectivity index (χ0n) is 29.9. The summed E-state index contributed by atoms with van der Waals surface area (Å²) in [5, 5.41) is 11.2. The first-order valence-corrected chi connectivity index (χ1v) is 16.6. The average Bonchev–Trinajstić information content (AvgIpc) is 3.13. The molecule has 0 atom stereocenters. The lowest BCUT2D eigenvalue weighted by atomic mass is 10.1. The topological polar surface area (TPSA) is 194 Å². The summed E-state index contributed by atoms with van der Waals surface area (Å²) in [6.45, 7) is 5.69. The van der Waals surface area contributed by atoms with Crippen molar-refractivity contribution in [2.24, 2.45) is 0 Å². The average molecular weight is 721 g/mol. The van der Waals surface area contributed by atoms with Gasteiger partial charge in [0, 0.05) is 99.5 Å². The Morgan fingerprint density at radius 2 is 0.611 bits per heavy atom. The summed E-state index contributed by atoms with van der Waals surface area (Å²) in [7, 11) is 0. The molecule has 14 nitrogen and oxygen atoms in total. The Labute approximate surface area is 311 Å². The number of nitrogens with zero attached hydrogens (tertiary/aromatic N) is 6. The SMILES string of the molecule is CC(=O)Nc1ccncc1/C=C/c1nc(/C=C/c2cnccc2NC(C)=O)c(/C=C/c2cnccc2NC(C)=O)nc1/C=C/c1cnccc1NC(C)=O. The quantitative estimate of drug-likeness (QED) is 0.109. The van der Waals surface area contributed by atoms with Crippen LogP contribution in [-0.4, -0.2) is 53.5 Å². The molecule has 4 N–H and O–H groups in total. The van der Waals surface area contributed by atoms with Gasteiger partial charge in [0.15, 0.2) is 0 Å². The maximum absolute atomic E-state index is 11.9. The van der Waals surface area contributed by atoms with E-state index in [2.05, 4.69) is 41.2 Å². The van der Waals surface area contributed by atoms with Crippen LogP contribution in [0.3, 0.4) is 0 Å². The van der Waals surface area contributed by atoms with Gasteiger partial charge >= 0.3 is 0 Å². The summed E-state index contributed by atoms with van der Waals surface area (Å²) in [6.07, 6.45) is 26.8. The molecule has 0 aliphatic carbocycles. The van der Waals surface area contributed by atoms with Crippen molar-refractivity contribution in [3.63, 3.8) is 0 Å². The smallest absolute Gasteiger partial charge is 0.221 e. The number of carbonyl (C=O) groups is 4. The van der Waals surface area contributed by atoms with Gasteiger partial charge in [0.25, 0.3) is 0 Å². The van der Waals surface area contributed by atoms with Crippen molar-refractivity contribution in [3.8, 4) is 0 Å². The van der Waals surface area contributed by atoms with E-state index in [1.165, 1.54) is 27.7 Å². The van der Waals surface area contributed by atoms with Crippen LogP contribution < -0.4 is 21.3 Å². The van der Waals surface area contributed by atoms with Gasteiger partial charge in [-0.15, -0.1) is 0 Å². The highest BCUT2D eigenvalue weighted by Crippen LogP contribution is 2.25. The molecular formula is C40H36N10O4. The van der Waals surface area contributed by atoms with Crippen LogP contribution in [0.5, 0.6) is 0 Å². The van der Waals surface area contributed by atoms with E-state index < -0.39 is 0 Å². The van der Waals surface area contributed by atoms with Gasteiger partial charge in [0.05, 0.1) is 45.5 Å². The van der Waals surface area contributed by atoms with E-state index in [9.17, 15) is 19.2 Å². The fourth-order valence-electron chi connectivity index (χ4n) is 5.03. The van der Waals surface area contributed by atoms with E-state index in [4.69, 9.17) is 9.97 Å². The molecule has 0 aliphatic heterocycles. The maximum atomic E-state index is 11.9. The van der Waals surface area contributed by atoms with Crippen LogP contribution in [-0.2, 0) is 19.2 Å². The lowest BCUT2D eigenvalue weighted by Crippen LogP contribution is -2.07. The van der Waals surface area contributed by atoms with E-state index in [1.807, 2.05) is 0 Å². The van der Waals surface area contributed by atoms with E-state index in [0.717, 1.165) is 0 Å². The zero-order chi connectivity index (χ0) is 38.5. The number of amides is 4. The molecule has 5 rings (SSSR count). The van der Waals surface area contributed by atoms with Crippen molar-refractivity contribution < 1.29 is 19.2 Å². The van der Waals surface area contributed by atoms with Gasteiger partial charge < -0.3 is 21.3 Å². The van der Waals surface area contributed by atoms with Crippen LogP contribution in [0.4, 0.5) is 22.7 Å². The Bertz CT molecular complexity index is 2010. The predicted molar refractivity (Wildman–Crippen MR) is 212 cm³/mol. The predicted octanol–water partition coefficient (Wildman–Crippen LogP) is 6.57. The van der Waals surface area contributed by atoms with Gasteiger partial charge in [-0.05, 0) is 72.9 Å². The van der Waals surface area contributed by atoms with Gasteiger partial charge in [-0.3, -0.25) is 39.1 Å². The molecule has 0 bridgehead atoms.